The van der Waals surface area contributed by atoms with Gasteiger partial charge in [0.15, 0.2) is 5.79 Å². The zero-order valence-corrected chi connectivity index (χ0v) is 10.5. The van der Waals surface area contributed by atoms with Crippen LogP contribution >= 0.6 is 11.3 Å². The summed E-state index contributed by atoms with van der Waals surface area (Å²) in [5.74, 6) is -0.867. The van der Waals surface area contributed by atoms with Crippen LogP contribution in [0.2, 0.25) is 0 Å². The Morgan fingerprint density at radius 3 is 2.94 bits per heavy atom. The van der Waals surface area contributed by atoms with Crippen molar-refractivity contribution in [3.8, 4) is 0 Å². The highest BCUT2D eigenvalue weighted by Gasteiger charge is 2.43. The van der Waals surface area contributed by atoms with Gasteiger partial charge in [-0.3, -0.25) is 0 Å². The maximum absolute atomic E-state index is 11.5. The van der Waals surface area contributed by atoms with Gasteiger partial charge >= 0.3 is 5.97 Å². The molecule has 1 aromatic rings. The van der Waals surface area contributed by atoms with E-state index in [4.69, 9.17) is 14.2 Å². The van der Waals surface area contributed by atoms with Crippen molar-refractivity contribution >= 4 is 17.3 Å². The normalized spacial score (nSPS) is 21.5. The van der Waals surface area contributed by atoms with Crippen molar-refractivity contribution in [1.29, 1.82) is 0 Å². The number of ether oxygens (including phenoxy) is 3. The van der Waals surface area contributed by atoms with Gasteiger partial charge in [0.1, 0.15) is 4.88 Å². The number of carbonyl (C=O) groups excluding carboxylic acids is 1. The summed E-state index contributed by atoms with van der Waals surface area (Å²) >= 11 is 1.49. The van der Waals surface area contributed by atoms with E-state index in [1.165, 1.54) is 23.3 Å². The van der Waals surface area contributed by atoms with Crippen molar-refractivity contribution in [2.24, 2.45) is 0 Å². The Hall–Kier alpha value is -0.910. The van der Waals surface area contributed by atoms with Crippen LogP contribution in [0.25, 0.3) is 0 Å². The molecular weight excluding hydrogens is 240 g/mol. The van der Waals surface area contributed by atoms with Crippen LogP contribution < -0.4 is 0 Å². The monoisotopic (exact) mass is 254 g/mol. The van der Waals surface area contributed by atoms with Crippen LogP contribution in [0.4, 0.5) is 0 Å². The Kier molecular flexibility index (Phi) is 2.69. The molecule has 0 aromatic carbocycles. The predicted molar refractivity (Wildman–Crippen MR) is 62.2 cm³/mol. The van der Waals surface area contributed by atoms with E-state index < -0.39 is 5.79 Å². The molecule has 0 N–H and O–H groups in total. The maximum atomic E-state index is 11.5. The molecule has 17 heavy (non-hydrogen) atoms. The Balaban J connectivity index is 2.02. The fourth-order valence-electron chi connectivity index (χ4n) is 2.51. The molecule has 0 bridgehead atoms. The average molecular weight is 254 g/mol. The number of hydrogen-bond donors (Lipinski definition) is 0. The van der Waals surface area contributed by atoms with Gasteiger partial charge in [0.05, 0.1) is 20.3 Å². The number of methoxy groups -OCH3 is 1. The van der Waals surface area contributed by atoms with Gasteiger partial charge in [-0.1, -0.05) is 0 Å². The largest absolute Gasteiger partial charge is 0.465 e. The maximum Gasteiger partial charge on any atom is 0.348 e. The average Bonchev–Trinajstić information content (AvgIpc) is 2.96. The Morgan fingerprint density at radius 2 is 2.24 bits per heavy atom. The summed E-state index contributed by atoms with van der Waals surface area (Å²) in [5, 5.41) is 0. The van der Waals surface area contributed by atoms with Crippen molar-refractivity contribution < 1.29 is 19.0 Å². The van der Waals surface area contributed by atoms with Gasteiger partial charge in [0, 0.05) is 16.9 Å². The minimum atomic E-state index is -0.587. The number of esters is 1. The van der Waals surface area contributed by atoms with Crippen LogP contribution in [0.15, 0.2) is 6.07 Å². The molecular formula is C12H14O4S. The molecule has 92 valence electrons. The van der Waals surface area contributed by atoms with Crippen molar-refractivity contribution in [2.45, 2.75) is 25.0 Å². The Labute approximate surface area is 103 Å². The first-order chi connectivity index (χ1) is 8.25. The summed E-state index contributed by atoms with van der Waals surface area (Å²) in [5.41, 5.74) is 1.03. The molecule has 5 heteroatoms. The van der Waals surface area contributed by atoms with Crippen LogP contribution in [0, 0.1) is 0 Å². The Morgan fingerprint density at radius 1 is 1.47 bits per heavy atom. The standard InChI is InChI=1S/C12H14O4S/c1-14-11(13)10-7-8-9(17-10)3-2-4-12(8)15-5-6-16-12/h7H,2-6H2,1H3. The molecule has 1 aliphatic carbocycles. The van der Waals surface area contributed by atoms with Crippen LogP contribution in [-0.2, 0) is 26.4 Å². The molecule has 1 aromatic heterocycles. The van der Waals surface area contributed by atoms with Gasteiger partial charge in [-0.25, -0.2) is 4.79 Å². The van der Waals surface area contributed by atoms with Gasteiger partial charge in [-0.05, 0) is 18.9 Å². The number of fused-ring (bicyclic) bond motifs is 2. The van der Waals surface area contributed by atoms with Crippen molar-refractivity contribution in [3.05, 3.63) is 21.4 Å². The van der Waals surface area contributed by atoms with Crippen LogP contribution in [0.1, 0.15) is 33.0 Å². The first-order valence-electron chi connectivity index (χ1n) is 5.74. The number of aryl methyl sites for hydroxylation is 1. The minimum Gasteiger partial charge on any atom is -0.465 e. The highest BCUT2D eigenvalue weighted by Crippen LogP contribution is 2.45. The predicted octanol–water partition coefficient (Wildman–Crippen LogP) is 2.07. The van der Waals surface area contributed by atoms with E-state index in [9.17, 15) is 4.79 Å². The van der Waals surface area contributed by atoms with E-state index in [1.54, 1.807) is 0 Å². The van der Waals surface area contributed by atoms with Gasteiger partial charge in [-0.2, -0.15) is 0 Å². The molecule has 0 saturated carbocycles. The minimum absolute atomic E-state index is 0.280. The molecule has 2 aliphatic rings. The van der Waals surface area contributed by atoms with E-state index in [0.717, 1.165) is 24.8 Å². The van der Waals surface area contributed by atoms with Gasteiger partial charge < -0.3 is 14.2 Å². The second-order valence-electron chi connectivity index (χ2n) is 4.24. The van der Waals surface area contributed by atoms with E-state index >= 15 is 0 Å². The fraction of sp³-hybridized carbons (Fsp3) is 0.583. The summed E-state index contributed by atoms with van der Waals surface area (Å²) < 4.78 is 16.3. The SMILES string of the molecule is COC(=O)c1cc2c(s1)CCCC21OCCO1. The lowest BCUT2D eigenvalue weighted by molar-refractivity contribution is -0.175. The first-order valence-corrected chi connectivity index (χ1v) is 6.56. The number of thiophene rings is 1. The van der Waals surface area contributed by atoms with E-state index in [-0.39, 0.29) is 5.97 Å². The topological polar surface area (TPSA) is 44.8 Å². The van der Waals surface area contributed by atoms with Gasteiger partial charge in [0.2, 0.25) is 0 Å². The smallest absolute Gasteiger partial charge is 0.348 e. The molecule has 1 aliphatic heterocycles. The third-order valence-corrected chi connectivity index (χ3v) is 4.44. The quantitative estimate of drug-likeness (QED) is 0.720. The molecule has 4 nitrogen and oxygen atoms in total. The zero-order valence-electron chi connectivity index (χ0n) is 9.65. The summed E-state index contributed by atoms with van der Waals surface area (Å²) in [4.78, 5) is 13.4. The van der Waals surface area contributed by atoms with Crippen LogP contribution in [0.3, 0.4) is 0 Å². The summed E-state index contributed by atoms with van der Waals surface area (Å²) in [7, 11) is 1.40. The lowest BCUT2D eigenvalue weighted by Gasteiger charge is -2.31. The summed E-state index contributed by atoms with van der Waals surface area (Å²) in [6.45, 7) is 1.26. The first kappa shape index (κ1) is 11.2. The van der Waals surface area contributed by atoms with E-state index in [0.29, 0.717) is 18.1 Å². The molecule has 1 fully saturated rings. The molecule has 2 heterocycles. The molecule has 0 unspecified atom stereocenters. The third kappa shape index (κ3) is 1.69. The Bertz CT molecular complexity index is 445. The molecule has 0 radical (unpaired) electrons. The molecule has 1 spiro atoms. The number of carbonyl (C=O) groups is 1. The second kappa shape index (κ2) is 4.08. The zero-order chi connectivity index (χ0) is 11.9. The highest BCUT2D eigenvalue weighted by atomic mass is 32.1. The molecule has 3 rings (SSSR count). The molecule has 0 atom stereocenters. The molecule has 1 saturated heterocycles. The number of rotatable bonds is 1. The van der Waals surface area contributed by atoms with Gasteiger partial charge in [-0.15, -0.1) is 11.3 Å². The number of hydrogen-bond acceptors (Lipinski definition) is 5. The lowest BCUT2D eigenvalue weighted by atomic mass is 9.92. The van der Waals surface area contributed by atoms with E-state index in [2.05, 4.69) is 0 Å². The third-order valence-electron chi connectivity index (χ3n) is 3.27. The lowest BCUT2D eigenvalue weighted by Crippen LogP contribution is -2.30. The van der Waals surface area contributed by atoms with Crippen LogP contribution in [0.5, 0.6) is 0 Å². The van der Waals surface area contributed by atoms with Crippen molar-refractivity contribution in [2.75, 3.05) is 20.3 Å². The van der Waals surface area contributed by atoms with E-state index in [1.807, 2.05) is 6.07 Å². The van der Waals surface area contributed by atoms with Gasteiger partial charge in [0.25, 0.3) is 0 Å². The van der Waals surface area contributed by atoms with Crippen LogP contribution in [-0.4, -0.2) is 26.3 Å². The summed E-state index contributed by atoms with van der Waals surface area (Å²) in [6.07, 6.45) is 2.90. The van der Waals surface area contributed by atoms with Crippen molar-refractivity contribution in [1.82, 2.24) is 0 Å². The summed E-state index contributed by atoms with van der Waals surface area (Å²) in [6, 6.07) is 1.87. The molecule has 0 amide bonds. The fourth-order valence-corrected chi connectivity index (χ4v) is 3.69. The highest BCUT2D eigenvalue weighted by molar-refractivity contribution is 7.14. The second-order valence-corrected chi connectivity index (χ2v) is 5.38. The van der Waals surface area contributed by atoms with Crippen molar-refractivity contribution in [3.63, 3.8) is 0 Å².